The molecule has 1 heterocycles. The fourth-order valence-electron chi connectivity index (χ4n) is 4.35. The molecule has 1 saturated carbocycles. The van der Waals surface area contributed by atoms with Gasteiger partial charge in [0, 0.05) is 44.0 Å². The minimum Gasteiger partial charge on any atom is -0.494 e. The average Bonchev–Trinajstić information content (AvgIpc) is 3.69. The Bertz CT molecular complexity index is 1130. The van der Waals surface area contributed by atoms with Crippen molar-refractivity contribution in [2.75, 3.05) is 38.6 Å². The summed E-state index contributed by atoms with van der Waals surface area (Å²) in [5.74, 6) is 0.131. The van der Waals surface area contributed by atoms with Gasteiger partial charge in [-0.15, -0.1) is 0 Å². The molecule has 8 nitrogen and oxygen atoms in total. The molecule has 2 aromatic rings. The van der Waals surface area contributed by atoms with Gasteiger partial charge >= 0.3 is 6.09 Å². The lowest BCUT2D eigenvalue weighted by Gasteiger charge is -2.38. The van der Waals surface area contributed by atoms with Crippen LogP contribution in [0.1, 0.15) is 61.1 Å². The Hall–Kier alpha value is -3.33. The number of halogens is 1. The molecule has 1 saturated heterocycles. The molecule has 1 aliphatic heterocycles. The highest BCUT2D eigenvalue weighted by molar-refractivity contribution is 5.97. The van der Waals surface area contributed by atoms with Crippen LogP contribution in [0, 0.1) is 11.7 Å². The lowest BCUT2D eigenvalue weighted by Crippen LogP contribution is -2.50. The van der Waals surface area contributed by atoms with Gasteiger partial charge in [0.2, 0.25) is 0 Å². The Balaban J connectivity index is 1.58. The summed E-state index contributed by atoms with van der Waals surface area (Å²) in [6, 6.07) is 10.0. The van der Waals surface area contributed by atoms with Crippen molar-refractivity contribution < 1.29 is 23.5 Å². The highest BCUT2D eigenvalue weighted by atomic mass is 19.1. The van der Waals surface area contributed by atoms with Crippen molar-refractivity contribution in [1.82, 2.24) is 15.5 Å². The predicted octanol–water partition coefficient (Wildman–Crippen LogP) is 4.47. The van der Waals surface area contributed by atoms with Crippen molar-refractivity contribution in [2.45, 2.75) is 51.8 Å². The quantitative estimate of drug-likeness (QED) is 0.484. The Morgan fingerprint density at radius 2 is 1.95 bits per heavy atom. The maximum absolute atomic E-state index is 14.1. The van der Waals surface area contributed by atoms with E-state index in [0.717, 1.165) is 29.7 Å². The maximum Gasteiger partial charge on any atom is 0.410 e. The molecule has 0 aromatic heterocycles. The molecule has 2 fully saturated rings. The summed E-state index contributed by atoms with van der Waals surface area (Å²) >= 11 is 0. The van der Waals surface area contributed by atoms with Crippen LogP contribution in [0.2, 0.25) is 0 Å². The molecule has 9 heteroatoms. The Labute approximate surface area is 217 Å². The van der Waals surface area contributed by atoms with E-state index in [1.807, 2.05) is 32.9 Å². The van der Waals surface area contributed by atoms with Gasteiger partial charge in [0.1, 0.15) is 5.60 Å². The predicted molar refractivity (Wildman–Crippen MR) is 140 cm³/mol. The Morgan fingerprint density at radius 1 is 1.16 bits per heavy atom. The second-order valence-electron chi connectivity index (χ2n) is 10.7. The third kappa shape index (κ3) is 7.13. The van der Waals surface area contributed by atoms with Crippen LogP contribution in [0.25, 0.3) is 0 Å². The fraction of sp³-hybridized carbons (Fsp3) is 0.500. The molecule has 200 valence electrons. The molecule has 0 radical (unpaired) electrons. The number of piperazine rings is 1. The van der Waals surface area contributed by atoms with Crippen LogP contribution >= 0.6 is 0 Å². The second kappa shape index (κ2) is 11.4. The topological polar surface area (TPSA) is 91.9 Å². The van der Waals surface area contributed by atoms with E-state index in [1.54, 1.807) is 23.1 Å². The molecular weight excluding hydrogens is 475 g/mol. The molecule has 0 bridgehead atoms. The maximum atomic E-state index is 14.1. The van der Waals surface area contributed by atoms with Gasteiger partial charge in [-0.1, -0.05) is 12.1 Å². The van der Waals surface area contributed by atoms with Gasteiger partial charge in [0.25, 0.3) is 5.91 Å². The number of ether oxygens (including phenoxy) is 2. The van der Waals surface area contributed by atoms with Gasteiger partial charge < -0.3 is 25.4 Å². The molecule has 3 N–H and O–H groups in total. The van der Waals surface area contributed by atoms with Crippen LogP contribution in [0.5, 0.6) is 5.75 Å². The number of carbonyl (C=O) groups is 2. The number of amides is 2. The molecule has 2 amide bonds. The van der Waals surface area contributed by atoms with Crippen molar-refractivity contribution in [2.24, 2.45) is 5.92 Å². The number of benzene rings is 2. The standard InChI is InChI=1S/C28H37FN4O4/c1-28(2,3)37-27(35)33-12-11-30-17-24(33)21-9-8-20(14-22(21)26(34)32-15-18-5-6-18)31-16-19-7-10-25(36-4)23(29)13-19/h7-10,13-14,18,24,30-31H,5-6,11-12,15-17H2,1-4H3,(H,32,34). The van der Waals surface area contributed by atoms with Crippen molar-refractivity contribution in [3.63, 3.8) is 0 Å². The van der Waals surface area contributed by atoms with Crippen LogP contribution in [-0.4, -0.2) is 55.8 Å². The largest absolute Gasteiger partial charge is 0.494 e. The number of hydrogen-bond acceptors (Lipinski definition) is 6. The molecule has 1 unspecified atom stereocenters. The van der Waals surface area contributed by atoms with Crippen LogP contribution in [-0.2, 0) is 11.3 Å². The lowest BCUT2D eigenvalue weighted by atomic mass is 9.96. The third-order valence-corrected chi connectivity index (χ3v) is 6.49. The first-order valence-corrected chi connectivity index (χ1v) is 12.8. The van der Waals surface area contributed by atoms with E-state index < -0.39 is 17.5 Å². The first kappa shape index (κ1) is 26.7. The number of carbonyl (C=O) groups excluding carboxylic acids is 2. The van der Waals surface area contributed by atoms with Gasteiger partial charge in [-0.3, -0.25) is 9.69 Å². The first-order chi connectivity index (χ1) is 17.6. The van der Waals surface area contributed by atoms with Gasteiger partial charge in [0.05, 0.1) is 13.2 Å². The minimum atomic E-state index is -0.619. The van der Waals surface area contributed by atoms with Crippen LogP contribution < -0.4 is 20.7 Å². The van der Waals surface area contributed by atoms with Gasteiger partial charge in [-0.2, -0.15) is 0 Å². The lowest BCUT2D eigenvalue weighted by molar-refractivity contribution is 0.0116. The van der Waals surface area contributed by atoms with E-state index in [-0.39, 0.29) is 17.7 Å². The Kier molecular flexibility index (Phi) is 8.22. The van der Waals surface area contributed by atoms with Crippen LogP contribution in [0.4, 0.5) is 14.9 Å². The number of hydrogen-bond donors (Lipinski definition) is 3. The zero-order valence-electron chi connectivity index (χ0n) is 22.0. The van der Waals surface area contributed by atoms with E-state index in [9.17, 15) is 14.0 Å². The zero-order valence-corrected chi connectivity index (χ0v) is 22.0. The number of methoxy groups -OCH3 is 1. The summed E-state index contributed by atoms with van der Waals surface area (Å²) in [4.78, 5) is 28.1. The summed E-state index contributed by atoms with van der Waals surface area (Å²) in [6.45, 7) is 8.18. The van der Waals surface area contributed by atoms with Gasteiger partial charge in [-0.05, 0) is 74.9 Å². The summed E-state index contributed by atoms with van der Waals surface area (Å²) in [5, 5.41) is 9.68. The monoisotopic (exact) mass is 512 g/mol. The molecular formula is C28H37FN4O4. The number of nitrogens with one attached hydrogen (secondary N) is 3. The van der Waals surface area contributed by atoms with E-state index >= 15 is 0 Å². The first-order valence-electron chi connectivity index (χ1n) is 12.8. The highest BCUT2D eigenvalue weighted by Crippen LogP contribution is 2.31. The second-order valence-corrected chi connectivity index (χ2v) is 10.7. The van der Waals surface area contributed by atoms with Crippen LogP contribution in [0.3, 0.4) is 0 Å². The summed E-state index contributed by atoms with van der Waals surface area (Å²) in [7, 11) is 1.43. The summed E-state index contributed by atoms with van der Waals surface area (Å²) in [6.07, 6.45) is 1.87. The number of nitrogens with zero attached hydrogens (tertiary/aromatic N) is 1. The molecule has 2 aromatic carbocycles. The van der Waals surface area contributed by atoms with E-state index in [4.69, 9.17) is 9.47 Å². The highest BCUT2D eigenvalue weighted by Gasteiger charge is 2.34. The van der Waals surface area contributed by atoms with E-state index in [1.165, 1.54) is 13.2 Å². The summed E-state index contributed by atoms with van der Waals surface area (Å²) in [5.41, 5.74) is 2.12. The minimum absolute atomic E-state index is 0.171. The number of rotatable bonds is 8. The van der Waals surface area contributed by atoms with E-state index in [0.29, 0.717) is 44.2 Å². The molecule has 1 aliphatic carbocycles. The SMILES string of the molecule is COc1ccc(CNc2ccc(C3CNCCN3C(=O)OC(C)(C)C)c(C(=O)NCC3CC3)c2)cc1F. The van der Waals surface area contributed by atoms with Crippen LogP contribution in [0.15, 0.2) is 36.4 Å². The third-order valence-electron chi connectivity index (χ3n) is 6.49. The molecule has 4 rings (SSSR count). The van der Waals surface area contributed by atoms with Gasteiger partial charge in [0.15, 0.2) is 11.6 Å². The van der Waals surface area contributed by atoms with Crippen molar-refractivity contribution in [1.29, 1.82) is 0 Å². The fourth-order valence-corrected chi connectivity index (χ4v) is 4.35. The smallest absolute Gasteiger partial charge is 0.410 e. The normalized spacial score (nSPS) is 17.8. The molecule has 0 spiro atoms. The summed E-state index contributed by atoms with van der Waals surface area (Å²) < 4.78 is 24.8. The average molecular weight is 513 g/mol. The number of anilines is 1. The Morgan fingerprint density at radius 3 is 2.62 bits per heavy atom. The van der Waals surface area contributed by atoms with Crippen molar-refractivity contribution >= 4 is 17.7 Å². The zero-order chi connectivity index (χ0) is 26.6. The van der Waals surface area contributed by atoms with Crippen molar-refractivity contribution in [3.8, 4) is 5.75 Å². The molecule has 37 heavy (non-hydrogen) atoms. The molecule has 2 aliphatic rings. The van der Waals surface area contributed by atoms with Gasteiger partial charge in [-0.25, -0.2) is 9.18 Å². The molecule has 1 atom stereocenters. The van der Waals surface area contributed by atoms with E-state index in [2.05, 4.69) is 16.0 Å². The van der Waals surface area contributed by atoms with Crippen molar-refractivity contribution in [3.05, 3.63) is 58.9 Å².